The molecule has 0 aliphatic rings. The summed E-state index contributed by atoms with van der Waals surface area (Å²) in [7, 11) is 0. The predicted molar refractivity (Wildman–Crippen MR) is 79.0 cm³/mol. The second kappa shape index (κ2) is 8.43. The van der Waals surface area contributed by atoms with Crippen LogP contribution in [0.4, 0.5) is 0 Å². The number of esters is 1. The monoisotopic (exact) mass is 290 g/mol. The van der Waals surface area contributed by atoms with Gasteiger partial charge in [0.15, 0.2) is 0 Å². The molecule has 0 fully saturated rings. The van der Waals surface area contributed by atoms with Gasteiger partial charge in [-0.3, -0.25) is 9.59 Å². The molecule has 0 spiro atoms. The predicted octanol–water partition coefficient (Wildman–Crippen LogP) is 1.30. The highest BCUT2D eigenvalue weighted by Crippen LogP contribution is 2.14. The van der Waals surface area contributed by atoms with Crippen LogP contribution in [-0.4, -0.2) is 41.1 Å². The molecule has 1 amide bonds. The molecule has 0 bridgehead atoms. The van der Waals surface area contributed by atoms with Crippen LogP contribution in [0.2, 0.25) is 0 Å². The summed E-state index contributed by atoms with van der Waals surface area (Å²) in [6.07, 6.45) is 0.511. The minimum atomic E-state index is -0.606. The quantitative estimate of drug-likeness (QED) is 0.691. The average Bonchev–Trinajstić information content (AvgIpc) is 2.26. The first kappa shape index (κ1) is 18.2. The highest BCUT2D eigenvalue weighted by molar-refractivity contribution is 8.00. The highest BCUT2D eigenvalue weighted by Gasteiger charge is 2.20. The molecule has 0 aromatic carbocycles. The number of thioether (sulfide) groups is 1. The van der Waals surface area contributed by atoms with Gasteiger partial charge in [-0.1, -0.05) is 0 Å². The Bertz CT molecular complexity index is 303. The van der Waals surface area contributed by atoms with Gasteiger partial charge in [-0.25, -0.2) is 0 Å². The van der Waals surface area contributed by atoms with E-state index in [4.69, 9.17) is 10.5 Å². The molecule has 5 nitrogen and oxygen atoms in total. The number of carbonyl (C=O) groups excluding carboxylic acids is 2. The van der Waals surface area contributed by atoms with Crippen molar-refractivity contribution in [3.8, 4) is 0 Å². The van der Waals surface area contributed by atoms with Crippen molar-refractivity contribution < 1.29 is 14.3 Å². The Labute approximate surface area is 120 Å². The Morgan fingerprint density at radius 2 is 1.95 bits per heavy atom. The fourth-order valence-electron chi connectivity index (χ4n) is 1.29. The maximum atomic E-state index is 11.8. The first-order valence-corrected chi connectivity index (χ1v) is 7.58. The van der Waals surface area contributed by atoms with Crippen LogP contribution >= 0.6 is 11.8 Å². The molecule has 0 aliphatic carbocycles. The molecule has 19 heavy (non-hydrogen) atoms. The van der Waals surface area contributed by atoms with Gasteiger partial charge in [0.2, 0.25) is 5.91 Å². The largest absolute Gasteiger partial charge is 0.465 e. The maximum Gasteiger partial charge on any atom is 0.322 e. The van der Waals surface area contributed by atoms with Crippen LogP contribution in [-0.2, 0) is 14.3 Å². The first-order chi connectivity index (χ1) is 8.67. The number of ether oxygens (including phenoxy) is 1. The van der Waals surface area contributed by atoms with E-state index in [2.05, 4.69) is 5.32 Å². The van der Waals surface area contributed by atoms with Gasteiger partial charge in [0, 0.05) is 5.54 Å². The Morgan fingerprint density at radius 3 is 2.42 bits per heavy atom. The minimum Gasteiger partial charge on any atom is -0.465 e. The van der Waals surface area contributed by atoms with Crippen LogP contribution in [0.25, 0.3) is 0 Å². The van der Waals surface area contributed by atoms with Gasteiger partial charge in [-0.2, -0.15) is 0 Å². The molecule has 0 saturated carbocycles. The van der Waals surface area contributed by atoms with Crippen LogP contribution in [0.3, 0.4) is 0 Å². The third kappa shape index (κ3) is 8.88. The van der Waals surface area contributed by atoms with Gasteiger partial charge in [-0.05, 0) is 46.8 Å². The Kier molecular flexibility index (Phi) is 8.09. The summed E-state index contributed by atoms with van der Waals surface area (Å²) in [5.41, 5.74) is 5.45. The molecule has 0 saturated heterocycles. The van der Waals surface area contributed by atoms with E-state index in [1.165, 1.54) is 11.8 Å². The van der Waals surface area contributed by atoms with E-state index in [9.17, 15) is 9.59 Å². The second-order valence-electron chi connectivity index (χ2n) is 5.40. The standard InChI is InChI=1S/C13H26N2O3S/c1-6-18-12(17)10(14)7-8-19-9(2)11(16)15-13(3,4)5/h9-10H,6-8,14H2,1-5H3,(H,15,16). The molecular formula is C13H26N2O3S. The summed E-state index contributed by atoms with van der Waals surface area (Å²) in [6.45, 7) is 9.76. The lowest BCUT2D eigenvalue weighted by Crippen LogP contribution is -2.44. The molecule has 3 N–H and O–H groups in total. The molecule has 2 atom stereocenters. The molecule has 0 aliphatic heterocycles. The summed E-state index contributed by atoms with van der Waals surface area (Å²) in [4.78, 5) is 23.1. The van der Waals surface area contributed by atoms with E-state index >= 15 is 0 Å². The van der Waals surface area contributed by atoms with Crippen LogP contribution in [0, 0.1) is 0 Å². The van der Waals surface area contributed by atoms with Crippen molar-refractivity contribution in [1.82, 2.24) is 5.32 Å². The molecule has 0 radical (unpaired) electrons. The molecule has 0 aromatic rings. The lowest BCUT2D eigenvalue weighted by molar-refractivity contribution is -0.144. The lowest BCUT2D eigenvalue weighted by atomic mass is 10.1. The molecule has 0 rings (SSSR count). The van der Waals surface area contributed by atoms with Crippen LogP contribution in [0.5, 0.6) is 0 Å². The lowest BCUT2D eigenvalue weighted by Gasteiger charge is -2.23. The summed E-state index contributed by atoms with van der Waals surface area (Å²) in [5, 5.41) is 2.76. The number of hydrogen-bond donors (Lipinski definition) is 2. The van der Waals surface area contributed by atoms with Crippen LogP contribution < -0.4 is 11.1 Å². The maximum absolute atomic E-state index is 11.8. The van der Waals surface area contributed by atoms with Crippen molar-refractivity contribution in [3.05, 3.63) is 0 Å². The molecule has 6 heteroatoms. The third-order valence-corrected chi connectivity index (χ3v) is 3.44. The number of carbonyl (C=O) groups is 2. The van der Waals surface area contributed by atoms with Gasteiger partial charge in [0.1, 0.15) is 6.04 Å². The Balaban J connectivity index is 3.94. The van der Waals surface area contributed by atoms with Crippen LogP contribution in [0.15, 0.2) is 0 Å². The van der Waals surface area contributed by atoms with Crippen molar-refractivity contribution in [2.24, 2.45) is 5.73 Å². The average molecular weight is 290 g/mol. The normalized spacial score (nSPS) is 14.6. The zero-order valence-corrected chi connectivity index (χ0v) is 13.3. The van der Waals surface area contributed by atoms with E-state index in [1.807, 2.05) is 27.7 Å². The van der Waals surface area contributed by atoms with E-state index < -0.39 is 6.04 Å². The van der Waals surface area contributed by atoms with Crippen molar-refractivity contribution in [3.63, 3.8) is 0 Å². The van der Waals surface area contributed by atoms with E-state index in [0.29, 0.717) is 18.8 Å². The van der Waals surface area contributed by atoms with Crippen molar-refractivity contribution in [2.45, 2.75) is 57.9 Å². The van der Waals surface area contributed by atoms with Gasteiger partial charge < -0.3 is 15.8 Å². The zero-order valence-electron chi connectivity index (χ0n) is 12.5. The molecule has 112 valence electrons. The Morgan fingerprint density at radius 1 is 1.37 bits per heavy atom. The van der Waals surface area contributed by atoms with Crippen molar-refractivity contribution in [1.29, 1.82) is 0 Å². The van der Waals surface area contributed by atoms with Gasteiger partial charge in [-0.15, -0.1) is 11.8 Å². The zero-order chi connectivity index (χ0) is 15.1. The van der Waals surface area contributed by atoms with E-state index in [-0.39, 0.29) is 22.7 Å². The molecule has 0 heterocycles. The highest BCUT2D eigenvalue weighted by atomic mass is 32.2. The van der Waals surface area contributed by atoms with E-state index in [0.717, 1.165) is 0 Å². The summed E-state index contributed by atoms with van der Waals surface area (Å²) in [5.74, 6) is 0.274. The number of amides is 1. The Hall–Kier alpha value is -0.750. The van der Waals surface area contributed by atoms with Gasteiger partial charge in [0.05, 0.1) is 11.9 Å². The smallest absolute Gasteiger partial charge is 0.322 e. The van der Waals surface area contributed by atoms with Gasteiger partial charge >= 0.3 is 5.97 Å². The number of hydrogen-bond acceptors (Lipinski definition) is 5. The topological polar surface area (TPSA) is 81.4 Å². The molecule has 2 unspecified atom stereocenters. The molecule has 0 aromatic heterocycles. The summed E-state index contributed by atoms with van der Waals surface area (Å²) in [6, 6.07) is -0.606. The minimum absolute atomic E-state index is 0.00204. The van der Waals surface area contributed by atoms with E-state index in [1.54, 1.807) is 6.92 Å². The van der Waals surface area contributed by atoms with Gasteiger partial charge in [0.25, 0.3) is 0 Å². The summed E-state index contributed by atoms with van der Waals surface area (Å²) >= 11 is 1.49. The first-order valence-electron chi connectivity index (χ1n) is 6.53. The number of nitrogens with one attached hydrogen (secondary N) is 1. The van der Waals surface area contributed by atoms with Crippen molar-refractivity contribution >= 4 is 23.6 Å². The second-order valence-corrected chi connectivity index (χ2v) is 6.85. The fraction of sp³-hybridized carbons (Fsp3) is 0.846. The fourth-order valence-corrected chi connectivity index (χ4v) is 2.24. The van der Waals surface area contributed by atoms with Crippen LogP contribution in [0.1, 0.15) is 41.0 Å². The third-order valence-electron chi connectivity index (χ3n) is 2.25. The molecular weight excluding hydrogens is 264 g/mol. The summed E-state index contributed by atoms with van der Waals surface area (Å²) < 4.78 is 4.82. The number of nitrogens with two attached hydrogens (primary N) is 1. The SMILES string of the molecule is CCOC(=O)C(N)CCSC(C)C(=O)NC(C)(C)C. The van der Waals surface area contributed by atoms with Crippen molar-refractivity contribution in [2.75, 3.05) is 12.4 Å². The number of rotatable bonds is 7.